The SMILES string of the molecule is O=C1NCCC1Cc1cccc([N+](=O)[O-])c1. The van der Waals surface area contributed by atoms with Crippen molar-refractivity contribution in [2.45, 2.75) is 12.8 Å². The van der Waals surface area contributed by atoms with Crippen molar-refractivity contribution in [1.82, 2.24) is 5.32 Å². The van der Waals surface area contributed by atoms with Gasteiger partial charge in [-0.2, -0.15) is 0 Å². The molecule has 1 aromatic rings. The van der Waals surface area contributed by atoms with E-state index in [1.807, 2.05) is 6.07 Å². The standard InChI is InChI=1S/C11H12N2O3/c14-11-9(4-5-12-11)6-8-2-1-3-10(7-8)13(15)16/h1-3,7,9H,4-6H2,(H,12,14). The number of carbonyl (C=O) groups is 1. The molecule has 1 saturated heterocycles. The number of benzene rings is 1. The second-order valence-electron chi connectivity index (χ2n) is 3.91. The van der Waals surface area contributed by atoms with Crippen LogP contribution in [0.3, 0.4) is 0 Å². The number of nitrogens with zero attached hydrogens (tertiary/aromatic N) is 1. The third kappa shape index (κ3) is 2.18. The summed E-state index contributed by atoms with van der Waals surface area (Å²) in [5.74, 6) is 0.00788. The van der Waals surface area contributed by atoms with Gasteiger partial charge in [-0.15, -0.1) is 0 Å². The van der Waals surface area contributed by atoms with Crippen molar-refractivity contribution in [3.63, 3.8) is 0 Å². The van der Waals surface area contributed by atoms with E-state index in [-0.39, 0.29) is 17.5 Å². The Morgan fingerprint density at radius 1 is 1.50 bits per heavy atom. The number of amides is 1. The molecular formula is C11H12N2O3. The maximum absolute atomic E-state index is 11.4. The van der Waals surface area contributed by atoms with Crippen molar-refractivity contribution in [3.8, 4) is 0 Å². The number of nitrogens with one attached hydrogen (secondary N) is 1. The van der Waals surface area contributed by atoms with Gasteiger partial charge >= 0.3 is 0 Å². The molecule has 5 nitrogen and oxygen atoms in total. The number of hydrogen-bond donors (Lipinski definition) is 1. The van der Waals surface area contributed by atoms with Crippen LogP contribution in [0.1, 0.15) is 12.0 Å². The lowest BCUT2D eigenvalue weighted by atomic mass is 9.98. The Morgan fingerprint density at radius 2 is 2.31 bits per heavy atom. The third-order valence-corrected chi connectivity index (χ3v) is 2.77. The minimum Gasteiger partial charge on any atom is -0.356 e. The van der Waals surface area contributed by atoms with Crippen molar-refractivity contribution in [1.29, 1.82) is 0 Å². The smallest absolute Gasteiger partial charge is 0.269 e. The summed E-state index contributed by atoms with van der Waals surface area (Å²) >= 11 is 0. The molecule has 16 heavy (non-hydrogen) atoms. The Hall–Kier alpha value is -1.91. The van der Waals surface area contributed by atoms with Gasteiger partial charge in [-0.1, -0.05) is 12.1 Å². The lowest BCUT2D eigenvalue weighted by Gasteiger charge is -2.06. The average molecular weight is 220 g/mol. The highest BCUT2D eigenvalue weighted by atomic mass is 16.6. The topological polar surface area (TPSA) is 72.2 Å². The van der Waals surface area contributed by atoms with Crippen molar-refractivity contribution >= 4 is 11.6 Å². The Bertz CT molecular complexity index is 431. The van der Waals surface area contributed by atoms with Crippen LogP contribution in [0.25, 0.3) is 0 Å². The van der Waals surface area contributed by atoms with Gasteiger partial charge in [-0.3, -0.25) is 14.9 Å². The maximum atomic E-state index is 11.4. The predicted octanol–water partition coefficient (Wildman–Crippen LogP) is 1.27. The molecule has 1 aromatic carbocycles. The fraction of sp³-hybridized carbons (Fsp3) is 0.364. The fourth-order valence-corrected chi connectivity index (χ4v) is 1.92. The Morgan fingerprint density at radius 3 is 2.94 bits per heavy atom. The number of hydrogen-bond acceptors (Lipinski definition) is 3. The molecule has 0 aliphatic carbocycles. The van der Waals surface area contributed by atoms with E-state index in [1.165, 1.54) is 12.1 Å². The normalized spacial score (nSPS) is 19.5. The highest BCUT2D eigenvalue weighted by molar-refractivity contribution is 5.80. The Labute approximate surface area is 92.6 Å². The minimum absolute atomic E-state index is 0.0398. The predicted molar refractivity (Wildman–Crippen MR) is 57.9 cm³/mol. The van der Waals surface area contributed by atoms with E-state index in [0.29, 0.717) is 13.0 Å². The van der Waals surface area contributed by atoms with Crippen LogP contribution in [-0.2, 0) is 11.2 Å². The summed E-state index contributed by atoms with van der Waals surface area (Å²) in [5, 5.41) is 13.3. The second kappa shape index (κ2) is 4.30. The number of carbonyl (C=O) groups excluding carboxylic acids is 1. The summed E-state index contributed by atoms with van der Waals surface area (Å²) in [6.07, 6.45) is 1.38. The number of rotatable bonds is 3. The van der Waals surface area contributed by atoms with Gasteiger partial charge in [0.25, 0.3) is 5.69 Å². The van der Waals surface area contributed by atoms with Crippen LogP contribution in [0.2, 0.25) is 0 Å². The van der Waals surface area contributed by atoms with Gasteiger partial charge in [0.1, 0.15) is 0 Å². The van der Waals surface area contributed by atoms with Crippen LogP contribution in [0, 0.1) is 16.0 Å². The highest BCUT2D eigenvalue weighted by Gasteiger charge is 2.24. The molecule has 5 heteroatoms. The molecule has 1 heterocycles. The maximum Gasteiger partial charge on any atom is 0.269 e. The third-order valence-electron chi connectivity index (χ3n) is 2.77. The molecule has 1 amide bonds. The molecular weight excluding hydrogens is 208 g/mol. The van der Waals surface area contributed by atoms with Crippen LogP contribution in [0.15, 0.2) is 24.3 Å². The molecule has 1 N–H and O–H groups in total. The summed E-state index contributed by atoms with van der Waals surface area (Å²) in [5.41, 5.74) is 0.923. The fourth-order valence-electron chi connectivity index (χ4n) is 1.92. The molecule has 1 aliphatic heterocycles. The Kier molecular flexibility index (Phi) is 2.85. The first-order valence-corrected chi connectivity index (χ1v) is 5.18. The zero-order chi connectivity index (χ0) is 11.5. The summed E-state index contributed by atoms with van der Waals surface area (Å²) < 4.78 is 0. The minimum atomic E-state index is -0.418. The van der Waals surface area contributed by atoms with Crippen molar-refractivity contribution in [2.75, 3.05) is 6.54 Å². The van der Waals surface area contributed by atoms with Crippen molar-refractivity contribution < 1.29 is 9.72 Å². The molecule has 0 aromatic heterocycles. The Balaban J connectivity index is 2.12. The van der Waals surface area contributed by atoms with Crippen molar-refractivity contribution in [2.24, 2.45) is 5.92 Å². The molecule has 0 spiro atoms. The zero-order valence-corrected chi connectivity index (χ0v) is 8.68. The second-order valence-corrected chi connectivity index (χ2v) is 3.91. The first-order chi connectivity index (χ1) is 7.66. The van der Waals surface area contributed by atoms with Gasteiger partial charge in [-0.05, 0) is 18.4 Å². The van der Waals surface area contributed by atoms with Gasteiger partial charge in [0.15, 0.2) is 0 Å². The summed E-state index contributed by atoms with van der Waals surface area (Å²) in [6.45, 7) is 0.707. The van der Waals surface area contributed by atoms with Gasteiger partial charge in [0, 0.05) is 24.6 Å². The van der Waals surface area contributed by atoms with E-state index in [2.05, 4.69) is 5.32 Å². The summed E-state index contributed by atoms with van der Waals surface area (Å²) in [4.78, 5) is 21.5. The molecule has 1 fully saturated rings. The van der Waals surface area contributed by atoms with E-state index < -0.39 is 4.92 Å². The molecule has 84 valence electrons. The monoisotopic (exact) mass is 220 g/mol. The molecule has 1 aliphatic rings. The lowest BCUT2D eigenvalue weighted by molar-refractivity contribution is -0.384. The van der Waals surface area contributed by atoms with Gasteiger partial charge in [0.2, 0.25) is 5.91 Å². The molecule has 0 radical (unpaired) electrons. The van der Waals surface area contributed by atoms with E-state index in [9.17, 15) is 14.9 Å². The average Bonchev–Trinajstić information content (AvgIpc) is 2.65. The zero-order valence-electron chi connectivity index (χ0n) is 8.68. The van der Waals surface area contributed by atoms with E-state index in [1.54, 1.807) is 6.07 Å². The first kappa shape index (κ1) is 10.6. The number of nitro benzene ring substituents is 1. The van der Waals surface area contributed by atoms with Crippen LogP contribution < -0.4 is 5.32 Å². The van der Waals surface area contributed by atoms with E-state index in [0.717, 1.165) is 12.0 Å². The van der Waals surface area contributed by atoms with Gasteiger partial charge in [0.05, 0.1) is 4.92 Å². The largest absolute Gasteiger partial charge is 0.356 e. The van der Waals surface area contributed by atoms with Crippen LogP contribution in [0.4, 0.5) is 5.69 Å². The van der Waals surface area contributed by atoms with E-state index >= 15 is 0 Å². The quantitative estimate of drug-likeness (QED) is 0.616. The number of nitro groups is 1. The van der Waals surface area contributed by atoms with Crippen LogP contribution in [0.5, 0.6) is 0 Å². The van der Waals surface area contributed by atoms with Crippen LogP contribution in [-0.4, -0.2) is 17.4 Å². The molecule has 1 atom stereocenters. The first-order valence-electron chi connectivity index (χ1n) is 5.18. The molecule has 2 rings (SSSR count). The highest BCUT2D eigenvalue weighted by Crippen LogP contribution is 2.19. The lowest BCUT2D eigenvalue weighted by Crippen LogP contribution is -2.20. The molecule has 1 unspecified atom stereocenters. The van der Waals surface area contributed by atoms with Gasteiger partial charge in [-0.25, -0.2) is 0 Å². The summed E-state index contributed by atoms with van der Waals surface area (Å²) in [7, 11) is 0. The summed E-state index contributed by atoms with van der Waals surface area (Å²) in [6, 6.07) is 6.46. The molecule has 0 saturated carbocycles. The van der Waals surface area contributed by atoms with E-state index in [4.69, 9.17) is 0 Å². The molecule has 0 bridgehead atoms. The van der Waals surface area contributed by atoms with Gasteiger partial charge < -0.3 is 5.32 Å². The van der Waals surface area contributed by atoms with Crippen molar-refractivity contribution in [3.05, 3.63) is 39.9 Å². The number of non-ortho nitro benzene ring substituents is 1. The van der Waals surface area contributed by atoms with Crippen LogP contribution >= 0.6 is 0 Å².